The Morgan fingerprint density at radius 1 is 1.10 bits per heavy atom. The largest absolute Gasteiger partial charge is 0.386 e. The number of nitrogens with one attached hydrogen (secondary N) is 1. The van der Waals surface area contributed by atoms with Crippen LogP contribution in [-0.4, -0.2) is 14.2 Å². The molecule has 0 atom stereocenters. The standard InChI is InChI=1S/C22H19FN2O3S2/c1-15-5-7-16(8-6-15)12-24-13-20-21(26)22-19(9-10-29-22)25(30(20,27)28)14-17-3-2-4-18(23)11-17/h2-11,13,24H,12,14H2,1H3/b20-13-. The minimum absolute atomic E-state index is 0.0631. The quantitative estimate of drug-likeness (QED) is 0.597. The first-order valence-corrected chi connectivity index (χ1v) is 11.6. The number of halogens is 1. The summed E-state index contributed by atoms with van der Waals surface area (Å²) in [4.78, 5) is 12.9. The Labute approximate surface area is 178 Å². The maximum absolute atomic E-state index is 13.6. The molecule has 3 aromatic rings. The average Bonchev–Trinajstić information content (AvgIpc) is 3.19. The number of benzene rings is 2. The minimum Gasteiger partial charge on any atom is -0.386 e. The number of anilines is 1. The molecule has 1 aliphatic heterocycles. The van der Waals surface area contributed by atoms with E-state index < -0.39 is 21.6 Å². The molecule has 2 aromatic carbocycles. The van der Waals surface area contributed by atoms with Crippen molar-refractivity contribution >= 4 is 32.8 Å². The van der Waals surface area contributed by atoms with E-state index in [4.69, 9.17) is 0 Å². The van der Waals surface area contributed by atoms with Gasteiger partial charge in [0.05, 0.1) is 12.2 Å². The SMILES string of the molecule is Cc1ccc(CN/C=C2/C(=O)c3sccc3N(Cc3cccc(F)c3)S2(=O)=O)cc1. The summed E-state index contributed by atoms with van der Waals surface area (Å²) in [6, 6.07) is 15.2. The molecule has 0 fully saturated rings. The van der Waals surface area contributed by atoms with Gasteiger partial charge in [-0.25, -0.2) is 12.8 Å². The molecule has 30 heavy (non-hydrogen) atoms. The number of hydrogen-bond acceptors (Lipinski definition) is 5. The highest BCUT2D eigenvalue weighted by Crippen LogP contribution is 2.39. The predicted molar refractivity (Wildman–Crippen MR) is 116 cm³/mol. The number of carbonyl (C=O) groups is 1. The third kappa shape index (κ3) is 3.88. The molecule has 154 valence electrons. The zero-order chi connectivity index (χ0) is 21.3. The fourth-order valence-corrected chi connectivity index (χ4v) is 5.73. The molecule has 0 amide bonds. The van der Waals surface area contributed by atoms with Crippen LogP contribution in [0.5, 0.6) is 0 Å². The van der Waals surface area contributed by atoms with Gasteiger partial charge in [-0.2, -0.15) is 0 Å². The average molecular weight is 443 g/mol. The molecule has 0 aliphatic carbocycles. The molecule has 0 saturated carbocycles. The summed E-state index contributed by atoms with van der Waals surface area (Å²) in [5.74, 6) is -0.981. The number of nitrogens with zero attached hydrogens (tertiary/aromatic N) is 1. The van der Waals surface area contributed by atoms with Crippen LogP contribution in [0.2, 0.25) is 0 Å². The number of Topliss-reactive ketones (excluding diaryl/α,β-unsaturated/α-hetero) is 1. The Bertz CT molecular complexity index is 1230. The molecule has 1 aliphatic rings. The van der Waals surface area contributed by atoms with E-state index in [-0.39, 0.29) is 11.4 Å². The lowest BCUT2D eigenvalue weighted by molar-refractivity contribution is 0.104. The Kier molecular flexibility index (Phi) is 5.44. The third-order valence-corrected chi connectivity index (χ3v) is 7.45. The van der Waals surface area contributed by atoms with Crippen LogP contribution in [0.1, 0.15) is 26.4 Å². The summed E-state index contributed by atoms with van der Waals surface area (Å²) in [5.41, 5.74) is 2.91. The summed E-state index contributed by atoms with van der Waals surface area (Å²) < 4.78 is 41.3. The van der Waals surface area contributed by atoms with Gasteiger partial charge in [0.2, 0.25) is 5.78 Å². The number of aryl methyl sites for hydroxylation is 1. The molecule has 0 unspecified atom stereocenters. The Hall–Kier alpha value is -2.97. The van der Waals surface area contributed by atoms with E-state index in [1.54, 1.807) is 17.5 Å². The first-order valence-electron chi connectivity index (χ1n) is 9.25. The number of rotatable bonds is 5. The zero-order valence-corrected chi connectivity index (χ0v) is 17.8. The molecule has 1 aromatic heterocycles. The fraction of sp³-hybridized carbons (Fsp3) is 0.136. The van der Waals surface area contributed by atoms with E-state index in [9.17, 15) is 17.6 Å². The van der Waals surface area contributed by atoms with Crippen molar-refractivity contribution in [2.24, 2.45) is 0 Å². The molecule has 0 radical (unpaired) electrons. The second kappa shape index (κ2) is 8.04. The van der Waals surface area contributed by atoms with Crippen molar-refractivity contribution in [1.82, 2.24) is 5.32 Å². The van der Waals surface area contributed by atoms with Crippen molar-refractivity contribution in [3.63, 3.8) is 0 Å². The lowest BCUT2D eigenvalue weighted by atomic mass is 10.1. The molecule has 4 rings (SSSR count). The van der Waals surface area contributed by atoms with Crippen LogP contribution in [-0.2, 0) is 23.1 Å². The van der Waals surface area contributed by atoms with Crippen LogP contribution in [0, 0.1) is 12.7 Å². The molecule has 0 bridgehead atoms. The summed E-state index contributed by atoms with van der Waals surface area (Å²) in [6.07, 6.45) is 1.26. The summed E-state index contributed by atoms with van der Waals surface area (Å²) in [7, 11) is -4.10. The van der Waals surface area contributed by atoms with Crippen LogP contribution in [0.3, 0.4) is 0 Å². The predicted octanol–water partition coefficient (Wildman–Crippen LogP) is 4.36. The zero-order valence-electron chi connectivity index (χ0n) is 16.1. The van der Waals surface area contributed by atoms with Gasteiger partial charge in [-0.1, -0.05) is 42.0 Å². The molecular formula is C22H19FN2O3S2. The highest BCUT2D eigenvalue weighted by atomic mass is 32.2. The topological polar surface area (TPSA) is 66.5 Å². The second-order valence-corrected chi connectivity index (χ2v) is 9.73. The minimum atomic E-state index is -4.10. The number of fused-ring (bicyclic) bond motifs is 1. The van der Waals surface area contributed by atoms with E-state index in [1.807, 2.05) is 31.2 Å². The maximum Gasteiger partial charge on any atom is 0.270 e. The van der Waals surface area contributed by atoms with Gasteiger partial charge in [0.25, 0.3) is 10.0 Å². The van der Waals surface area contributed by atoms with Crippen LogP contribution >= 0.6 is 11.3 Å². The third-order valence-electron chi connectivity index (χ3n) is 4.79. The van der Waals surface area contributed by atoms with Crippen molar-refractivity contribution in [3.05, 3.63) is 98.5 Å². The Morgan fingerprint density at radius 2 is 1.87 bits per heavy atom. The van der Waals surface area contributed by atoms with E-state index in [0.717, 1.165) is 15.4 Å². The van der Waals surface area contributed by atoms with Crippen molar-refractivity contribution in [3.8, 4) is 0 Å². The summed E-state index contributed by atoms with van der Waals surface area (Å²) >= 11 is 1.19. The Balaban J connectivity index is 1.66. The van der Waals surface area contributed by atoms with Crippen molar-refractivity contribution in [1.29, 1.82) is 0 Å². The number of carbonyl (C=O) groups excluding carboxylic acids is 1. The van der Waals surface area contributed by atoms with Gasteiger partial charge in [-0.15, -0.1) is 11.3 Å². The van der Waals surface area contributed by atoms with Crippen LogP contribution < -0.4 is 9.62 Å². The fourth-order valence-electron chi connectivity index (χ4n) is 3.22. The molecule has 1 N–H and O–H groups in total. The van der Waals surface area contributed by atoms with Gasteiger partial charge in [0.1, 0.15) is 10.7 Å². The normalized spacial score (nSPS) is 16.5. The lowest BCUT2D eigenvalue weighted by Crippen LogP contribution is -2.38. The number of ketones is 1. The number of allylic oxidation sites excluding steroid dienone is 1. The van der Waals surface area contributed by atoms with Gasteiger partial charge in [0.15, 0.2) is 4.91 Å². The monoisotopic (exact) mass is 442 g/mol. The van der Waals surface area contributed by atoms with Crippen molar-refractivity contribution < 1.29 is 17.6 Å². The van der Waals surface area contributed by atoms with Gasteiger partial charge in [-0.05, 0) is 41.6 Å². The lowest BCUT2D eigenvalue weighted by Gasteiger charge is -2.29. The highest BCUT2D eigenvalue weighted by Gasteiger charge is 2.41. The van der Waals surface area contributed by atoms with Crippen molar-refractivity contribution in [2.45, 2.75) is 20.0 Å². The van der Waals surface area contributed by atoms with E-state index in [1.165, 1.54) is 35.7 Å². The molecule has 0 saturated heterocycles. The van der Waals surface area contributed by atoms with Crippen LogP contribution in [0.15, 0.2) is 71.1 Å². The van der Waals surface area contributed by atoms with E-state index >= 15 is 0 Å². The first-order chi connectivity index (χ1) is 14.4. The smallest absolute Gasteiger partial charge is 0.270 e. The maximum atomic E-state index is 13.6. The highest BCUT2D eigenvalue weighted by molar-refractivity contribution is 7.97. The van der Waals surface area contributed by atoms with E-state index in [0.29, 0.717) is 22.7 Å². The number of thiophene rings is 1. The van der Waals surface area contributed by atoms with Crippen LogP contribution in [0.4, 0.5) is 10.1 Å². The molecular weight excluding hydrogens is 423 g/mol. The summed E-state index contributed by atoms with van der Waals surface area (Å²) in [6.45, 7) is 2.30. The number of sulfonamides is 1. The van der Waals surface area contributed by atoms with Gasteiger partial charge in [-0.3, -0.25) is 9.10 Å². The number of hydrogen-bond donors (Lipinski definition) is 1. The first kappa shape index (κ1) is 20.3. The van der Waals surface area contributed by atoms with Crippen molar-refractivity contribution in [2.75, 3.05) is 4.31 Å². The molecule has 0 spiro atoms. The molecule has 2 heterocycles. The van der Waals surface area contributed by atoms with E-state index in [2.05, 4.69) is 5.32 Å². The molecule has 5 nitrogen and oxygen atoms in total. The summed E-state index contributed by atoms with van der Waals surface area (Å²) in [5, 5.41) is 4.63. The second-order valence-electron chi connectivity index (χ2n) is 6.98. The van der Waals surface area contributed by atoms with Gasteiger partial charge in [0, 0.05) is 12.7 Å². The van der Waals surface area contributed by atoms with Crippen LogP contribution in [0.25, 0.3) is 0 Å². The van der Waals surface area contributed by atoms with Gasteiger partial charge < -0.3 is 5.32 Å². The Morgan fingerprint density at radius 3 is 2.60 bits per heavy atom. The molecule has 8 heteroatoms. The van der Waals surface area contributed by atoms with Gasteiger partial charge >= 0.3 is 0 Å².